The van der Waals surface area contributed by atoms with Gasteiger partial charge in [0.1, 0.15) is 64.5 Å². The molecular weight excluding hydrogens is 1870 g/mol. The van der Waals surface area contributed by atoms with E-state index >= 15 is 0 Å². The normalized spacial score (nSPS) is 13.7. The molecule has 4 heterocycles. The van der Waals surface area contributed by atoms with E-state index in [2.05, 4.69) is 84.8 Å². The molecule has 0 radical (unpaired) electrons. The van der Waals surface area contributed by atoms with Gasteiger partial charge in [-0.25, -0.2) is 18.8 Å². The van der Waals surface area contributed by atoms with Crippen LogP contribution in [0.25, 0.3) is 0 Å². The maximum Gasteiger partial charge on any atom is 0.410 e. The monoisotopic (exact) mass is 2030 g/mol. The highest BCUT2D eigenvalue weighted by Crippen LogP contribution is 2.26. The van der Waals surface area contributed by atoms with E-state index in [1.165, 1.54) is 45.5 Å². The Bertz CT molecular complexity index is 4150. The number of aliphatic hydroxyl groups is 5. The largest absolute Gasteiger partial charge is 0.490 e. The van der Waals surface area contributed by atoms with E-state index in [1.807, 2.05) is 214 Å². The molecule has 0 aromatic heterocycles. The molecule has 4 aliphatic rings. The molecule has 12 rings (SSSR count). The van der Waals surface area contributed by atoms with Crippen molar-refractivity contribution in [1.82, 2.24) is 30.2 Å². The summed E-state index contributed by atoms with van der Waals surface area (Å²) in [5.74, 6) is 5.27. The molecule has 137 heavy (non-hydrogen) atoms. The number of benzene rings is 8. The van der Waals surface area contributed by atoms with E-state index in [1.54, 1.807) is 39.0 Å². The predicted octanol–water partition coefficient (Wildman–Crippen LogP) is 21.1. The number of carbonyl (C=O) groups is 4. The second-order valence-electron chi connectivity index (χ2n) is 35.9. The Kier molecular flexibility index (Phi) is 68.1. The molecule has 766 valence electrons. The van der Waals surface area contributed by atoms with Gasteiger partial charge < -0.3 is 89.1 Å². The van der Waals surface area contributed by atoms with Gasteiger partial charge in [0.15, 0.2) is 0 Å². The molecule has 8 aromatic carbocycles. The standard InChI is InChI=1S/2C17H25NO3.C12H17NO.C11H15Cl2N.2C11H17NO2.C10H19NO3.C7H7F.C7H6O.C4H9Cl2N.2ClH/c2*1-13-5-7-14(8-6-13)20-15-9-11-18(12-10-15)16(19)21-17(2,3)4;1-10-2-4-11(5-3-10)14-12-6-8-13-9-7-12;12-6-8-14(9-7-13)10-11-4-2-1-3-5-11;2*1-10-2-4-11(5-3-10)12(6-8-13)7-9-14;1-10(2,3)14-9(13)11-6-4-8(12)5-7-11;1-6-2-4-7(8)5-3-6;8-6-7-4-2-1-3-5-7;5-1-3-7-4-2-6;;/h2*5-8,15H,9-12H2,1-4H3;2-5,12-13H,6-9H2,1H3;1-5H,6-10H2;2*2-5,13-14H,6-9H2,1H3;8,12H,4-7H2,1-3H3;2-5H,1H3;1-6H;7H,1-4H2;2*1H. The molecule has 0 spiro atoms. The molecule has 4 saturated heterocycles. The molecule has 30 heteroatoms. The Morgan fingerprint density at radius 1 is 0.401 bits per heavy atom. The van der Waals surface area contributed by atoms with Gasteiger partial charge in [-0.2, -0.15) is 0 Å². The fraction of sp³-hybridized carbons (Fsp3) is 0.514. The van der Waals surface area contributed by atoms with Crippen molar-refractivity contribution in [2.24, 2.45) is 0 Å². The average molecular weight is 2030 g/mol. The number of alkyl halides is 4. The quantitative estimate of drug-likeness (QED) is 0.0109. The molecular formula is C107H159Cl6FN8O15. The van der Waals surface area contributed by atoms with Crippen molar-refractivity contribution in [2.75, 3.05) is 164 Å². The van der Waals surface area contributed by atoms with E-state index < -0.39 is 16.8 Å². The zero-order valence-electron chi connectivity index (χ0n) is 83.6. The first kappa shape index (κ1) is 127. The van der Waals surface area contributed by atoms with Crippen LogP contribution in [0.2, 0.25) is 0 Å². The maximum atomic E-state index is 12.1. The fourth-order valence-corrected chi connectivity index (χ4v) is 13.8. The smallest absolute Gasteiger partial charge is 0.410 e. The van der Waals surface area contributed by atoms with Crippen molar-refractivity contribution in [3.8, 4) is 17.2 Å². The summed E-state index contributed by atoms with van der Waals surface area (Å²) in [6.45, 7) is 42.3. The lowest BCUT2D eigenvalue weighted by Crippen LogP contribution is -2.44. The first-order chi connectivity index (χ1) is 64.4. The third kappa shape index (κ3) is 61.7. The molecule has 0 unspecified atom stereocenters. The van der Waals surface area contributed by atoms with Gasteiger partial charge >= 0.3 is 18.3 Å². The number of anilines is 2. The van der Waals surface area contributed by atoms with Crippen molar-refractivity contribution >= 4 is 107 Å². The van der Waals surface area contributed by atoms with Gasteiger partial charge in [0.2, 0.25) is 0 Å². The number of ether oxygens (including phenoxy) is 6. The number of piperidine rings is 4. The number of rotatable bonds is 27. The minimum Gasteiger partial charge on any atom is -0.490 e. The number of aryl methyl sites for hydroxylation is 6. The van der Waals surface area contributed by atoms with Crippen molar-refractivity contribution in [3.05, 3.63) is 257 Å². The summed E-state index contributed by atoms with van der Waals surface area (Å²) in [4.78, 5) is 56.9. The number of halogens is 7. The van der Waals surface area contributed by atoms with Gasteiger partial charge in [-0.3, -0.25) is 9.69 Å². The molecule has 0 saturated carbocycles. The number of hydrogen-bond acceptors (Lipinski definition) is 20. The van der Waals surface area contributed by atoms with Crippen molar-refractivity contribution in [2.45, 2.75) is 203 Å². The molecule has 4 fully saturated rings. The zero-order valence-corrected chi connectivity index (χ0v) is 88.2. The first-order valence-electron chi connectivity index (χ1n) is 47.0. The van der Waals surface area contributed by atoms with Gasteiger partial charge in [-0.1, -0.05) is 167 Å². The lowest BCUT2D eigenvalue weighted by molar-refractivity contribution is 0.00940. The van der Waals surface area contributed by atoms with Gasteiger partial charge in [-0.15, -0.1) is 71.2 Å². The minimum atomic E-state index is -0.438. The molecule has 23 nitrogen and oxygen atoms in total. The zero-order chi connectivity index (χ0) is 99.8. The van der Waals surface area contributed by atoms with Crippen LogP contribution in [-0.4, -0.2) is 266 Å². The maximum absolute atomic E-state index is 12.1. The van der Waals surface area contributed by atoms with Crippen LogP contribution in [0.5, 0.6) is 17.2 Å². The second-order valence-corrected chi connectivity index (χ2v) is 37.4. The van der Waals surface area contributed by atoms with Crippen LogP contribution in [0.4, 0.5) is 30.1 Å². The summed E-state index contributed by atoms with van der Waals surface area (Å²) in [6, 6.07) is 66.4. The van der Waals surface area contributed by atoms with E-state index in [4.69, 9.17) is 95.3 Å². The van der Waals surface area contributed by atoms with Crippen LogP contribution >= 0.6 is 71.2 Å². The van der Waals surface area contributed by atoms with Crippen molar-refractivity contribution < 1.29 is 77.5 Å². The highest BCUT2D eigenvalue weighted by atomic mass is 35.5. The van der Waals surface area contributed by atoms with E-state index in [0.29, 0.717) is 108 Å². The highest BCUT2D eigenvalue weighted by molar-refractivity contribution is 6.18. The summed E-state index contributed by atoms with van der Waals surface area (Å²) in [5.41, 5.74) is 10.0. The summed E-state index contributed by atoms with van der Waals surface area (Å²) in [6.07, 6.45) is 7.50. The Labute approximate surface area is 850 Å². The van der Waals surface area contributed by atoms with Gasteiger partial charge in [0.05, 0.1) is 32.5 Å². The van der Waals surface area contributed by atoms with Gasteiger partial charge in [0, 0.05) is 164 Å². The van der Waals surface area contributed by atoms with Crippen LogP contribution in [-0.2, 0) is 20.8 Å². The Hall–Kier alpha value is -8.41. The SMILES string of the molecule is CC(C)(C)OC(=O)N1CCC(O)CC1.Cc1ccc(F)cc1.Cc1ccc(N(CCO)CCO)cc1.Cc1ccc(N(CCO)CCO)cc1.Cc1ccc(OC2CCN(C(=O)OC(C)(C)C)CC2)cc1.Cc1ccc(OC2CCN(C(=O)OC(C)(C)C)CC2)cc1.Cc1ccc(OC2CCNCC2)cc1.Cl.Cl.ClCCN(CCCl)Cc1ccccc1.ClCCNCCCl.O=Cc1ccccc1. The van der Waals surface area contributed by atoms with Gasteiger partial charge in [-0.05, 0) is 221 Å². The Morgan fingerprint density at radius 2 is 0.679 bits per heavy atom. The second kappa shape index (κ2) is 73.7. The number of aliphatic hydroxyl groups excluding tert-OH is 5. The Balaban J connectivity index is 0.000000772. The lowest BCUT2D eigenvalue weighted by Gasteiger charge is -2.33. The van der Waals surface area contributed by atoms with Crippen LogP contribution in [0.1, 0.15) is 163 Å². The number of hydrogen-bond donors (Lipinski definition) is 7. The summed E-state index contributed by atoms with van der Waals surface area (Å²) >= 11 is 22.1. The number of aldehydes is 1. The first-order valence-corrected chi connectivity index (χ1v) is 49.1. The molecule has 8 aromatic rings. The van der Waals surface area contributed by atoms with Crippen LogP contribution in [0, 0.1) is 47.4 Å². The molecule has 0 bridgehead atoms. The van der Waals surface area contributed by atoms with E-state index in [9.17, 15) is 28.7 Å². The topological polar surface area (TPSA) is 268 Å². The number of nitrogens with zero attached hydrogens (tertiary/aromatic N) is 6. The summed E-state index contributed by atoms with van der Waals surface area (Å²) < 4.78 is 45.9. The summed E-state index contributed by atoms with van der Waals surface area (Å²) in [5, 5.41) is 51.0. The number of carbonyl (C=O) groups excluding carboxylic acids is 4. The molecule has 0 aliphatic carbocycles. The highest BCUT2D eigenvalue weighted by Gasteiger charge is 2.31. The predicted molar refractivity (Wildman–Crippen MR) is 566 cm³/mol. The third-order valence-electron chi connectivity index (χ3n) is 20.4. The van der Waals surface area contributed by atoms with Crippen LogP contribution in [0.15, 0.2) is 206 Å². The number of likely N-dealkylation sites (tertiary alicyclic amines) is 3. The molecule has 3 amide bonds. The van der Waals surface area contributed by atoms with Crippen LogP contribution < -0.4 is 34.6 Å². The molecule has 4 aliphatic heterocycles. The Morgan fingerprint density at radius 3 is 0.942 bits per heavy atom. The minimum absolute atomic E-state index is 0. The molecule has 7 N–H and O–H groups in total. The molecule has 0 atom stereocenters. The van der Waals surface area contributed by atoms with E-state index in [0.717, 1.165) is 130 Å². The average Bonchev–Trinajstić information content (AvgIpc) is 0.854. The van der Waals surface area contributed by atoms with Crippen LogP contribution in [0.3, 0.4) is 0 Å². The fourth-order valence-electron chi connectivity index (χ4n) is 13.1. The van der Waals surface area contributed by atoms with Crippen molar-refractivity contribution in [3.63, 3.8) is 0 Å². The third-order valence-corrected chi connectivity index (χ3v) is 21.1. The van der Waals surface area contributed by atoms with E-state index in [-0.39, 0.29) is 93.7 Å². The number of amides is 3. The summed E-state index contributed by atoms with van der Waals surface area (Å²) in [7, 11) is 0. The van der Waals surface area contributed by atoms with Crippen molar-refractivity contribution in [1.29, 1.82) is 0 Å². The van der Waals surface area contributed by atoms with Gasteiger partial charge in [0.25, 0.3) is 0 Å². The number of nitrogens with one attached hydrogen (secondary N) is 2. The lowest BCUT2D eigenvalue weighted by atomic mass is 10.1.